The molecule has 152 valence electrons. The second kappa shape index (κ2) is 8.57. The van der Waals surface area contributed by atoms with Crippen LogP contribution in [0.4, 0.5) is 5.82 Å². The highest BCUT2D eigenvalue weighted by Gasteiger charge is 2.24. The monoisotopic (exact) mass is 414 g/mol. The van der Waals surface area contributed by atoms with Crippen molar-refractivity contribution in [3.63, 3.8) is 0 Å². The number of likely N-dealkylation sites (tertiary alicyclic amines) is 1. The molecule has 10 heteroatoms. The van der Waals surface area contributed by atoms with E-state index in [1.54, 1.807) is 13.0 Å². The summed E-state index contributed by atoms with van der Waals surface area (Å²) >= 11 is 5.31. The lowest BCUT2D eigenvalue weighted by molar-refractivity contribution is 0.0698. The van der Waals surface area contributed by atoms with Crippen molar-refractivity contribution in [1.29, 1.82) is 5.26 Å². The Hall–Kier alpha value is -3.00. The van der Waals surface area contributed by atoms with Crippen molar-refractivity contribution in [2.45, 2.75) is 25.5 Å². The minimum Gasteiger partial charge on any atom is -0.507 e. The summed E-state index contributed by atoms with van der Waals surface area (Å²) in [6.07, 6.45) is 1.45. The number of aliphatic hydroxyl groups is 1. The van der Waals surface area contributed by atoms with Crippen molar-refractivity contribution in [3.05, 3.63) is 29.5 Å². The molecule has 29 heavy (non-hydrogen) atoms. The smallest absolute Gasteiger partial charge is 0.255 e. The van der Waals surface area contributed by atoms with Crippen LogP contribution in [0.2, 0.25) is 0 Å². The van der Waals surface area contributed by atoms with E-state index in [9.17, 15) is 15.3 Å². The Morgan fingerprint density at radius 1 is 1.34 bits per heavy atom. The van der Waals surface area contributed by atoms with Gasteiger partial charge in [0, 0.05) is 24.7 Å². The number of hydrogen-bond donors (Lipinski definition) is 5. The highest BCUT2D eigenvalue weighted by Crippen LogP contribution is 2.33. The number of hydrogen-bond acceptors (Lipinski definition) is 8. The maximum absolute atomic E-state index is 10.3. The zero-order valence-corrected chi connectivity index (χ0v) is 16.9. The summed E-state index contributed by atoms with van der Waals surface area (Å²) in [6.45, 7) is 3.07. The van der Waals surface area contributed by atoms with Crippen LogP contribution < -0.4 is 10.6 Å². The van der Waals surface area contributed by atoms with Gasteiger partial charge in [0.15, 0.2) is 10.9 Å². The largest absolute Gasteiger partial charge is 0.507 e. The summed E-state index contributed by atoms with van der Waals surface area (Å²) < 4.78 is 0. The SMILES string of the molecule is Cc1cc(C#N)cc(O)c1-c1cnc(O)c(NC(=S)N[C@@H]2C[C@H](O)CN(C)C2)n1. The minimum absolute atomic E-state index is 0.0351. The van der Waals surface area contributed by atoms with Crippen molar-refractivity contribution < 1.29 is 15.3 Å². The van der Waals surface area contributed by atoms with E-state index in [1.807, 2.05) is 18.0 Å². The maximum Gasteiger partial charge on any atom is 0.255 e. The van der Waals surface area contributed by atoms with E-state index in [0.717, 1.165) is 6.54 Å². The summed E-state index contributed by atoms with van der Waals surface area (Å²) in [5.41, 5.74) is 1.71. The molecule has 1 aromatic heterocycles. The molecule has 1 aliphatic heterocycles. The predicted octanol–water partition coefficient (Wildman–Crippen LogP) is 1.09. The molecule has 0 spiro atoms. The minimum atomic E-state index is -0.437. The first-order chi connectivity index (χ1) is 13.8. The van der Waals surface area contributed by atoms with Gasteiger partial charge in [0.2, 0.25) is 0 Å². The molecular formula is C19H22N6O3S. The van der Waals surface area contributed by atoms with Gasteiger partial charge in [-0.15, -0.1) is 0 Å². The third kappa shape index (κ3) is 4.89. The summed E-state index contributed by atoms with van der Waals surface area (Å²) in [5, 5.41) is 45.4. The molecule has 3 rings (SSSR count). The lowest BCUT2D eigenvalue weighted by atomic mass is 10.0. The number of nitriles is 1. The van der Waals surface area contributed by atoms with Crippen LogP contribution in [0.3, 0.4) is 0 Å². The fraction of sp³-hybridized carbons (Fsp3) is 0.368. The van der Waals surface area contributed by atoms with E-state index in [1.165, 1.54) is 12.3 Å². The van der Waals surface area contributed by atoms with Crippen molar-refractivity contribution in [1.82, 2.24) is 20.2 Å². The molecule has 5 N–H and O–H groups in total. The Balaban J connectivity index is 1.80. The second-order valence-electron chi connectivity index (χ2n) is 7.13. The number of aryl methyl sites for hydroxylation is 1. The molecule has 0 amide bonds. The van der Waals surface area contributed by atoms with Crippen LogP contribution in [0.25, 0.3) is 11.3 Å². The van der Waals surface area contributed by atoms with E-state index < -0.39 is 6.10 Å². The normalized spacial score (nSPS) is 19.4. The van der Waals surface area contributed by atoms with Gasteiger partial charge >= 0.3 is 0 Å². The topological polar surface area (TPSA) is 138 Å². The van der Waals surface area contributed by atoms with Crippen LogP contribution in [0.5, 0.6) is 11.6 Å². The number of benzene rings is 1. The number of β-amino-alcohol motifs (C(OH)–C–C–N with tert-alkyl or cyclic N) is 1. The summed E-state index contributed by atoms with van der Waals surface area (Å²) in [7, 11) is 1.92. The first-order valence-electron chi connectivity index (χ1n) is 9.01. The zero-order chi connectivity index (χ0) is 21.1. The molecule has 2 aromatic rings. The molecule has 1 aromatic carbocycles. The van der Waals surface area contributed by atoms with Crippen molar-refractivity contribution in [2.24, 2.45) is 0 Å². The lowest BCUT2D eigenvalue weighted by Crippen LogP contribution is -2.52. The van der Waals surface area contributed by atoms with Crippen LogP contribution in [0, 0.1) is 18.3 Å². The third-order valence-electron chi connectivity index (χ3n) is 4.63. The zero-order valence-electron chi connectivity index (χ0n) is 16.0. The summed E-state index contributed by atoms with van der Waals surface area (Å²) in [4.78, 5) is 10.3. The van der Waals surface area contributed by atoms with Crippen LogP contribution in [0.1, 0.15) is 17.5 Å². The van der Waals surface area contributed by atoms with Crippen molar-refractivity contribution in [3.8, 4) is 29.0 Å². The van der Waals surface area contributed by atoms with Gasteiger partial charge in [0.1, 0.15) is 5.75 Å². The molecule has 2 atom stereocenters. The molecule has 2 heterocycles. The highest BCUT2D eigenvalue weighted by molar-refractivity contribution is 7.80. The van der Waals surface area contributed by atoms with Gasteiger partial charge in [-0.2, -0.15) is 5.26 Å². The van der Waals surface area contributed by atoms with Crippen LogP contribution in [-0.4, -0.2) is 67.6 Å². The number of aliphatic hydroxyl groups excluding tert-OH is 1. The molecule has 1 fully saturated rings. The van der Waals surface area contributed by atoms with Gasteiger partial charge in [-0.3, -0.25) is 0 Å². The molecule has 1 aliphatic rings. The van der Waals surface area contributed by atoms with E-state index in [2.05, 4.69) is 20.6 Å². The fourth-order valence-corrected chi connectivity index (χ4v) is 3.74. The molecule has 0 saturated carbocycles. The number of aromatic hydroxyl groups is 2. The maximum atomic E-state index is 10.3. The van der Waals surface area contributed by atoms with Crippen molar-refractivity contribution in [2.75, 3.05) is 25.5 Å². The van der Waals surface area contributed by atoms with E-state index in [-0.39, 0.29) is 28.6 Å². The summed E-state index contributed by atoms with van der Waals surface area (Å²) in [6, 6.07) is 4.92. The number of nitrogens with one attached hydrogen (secondary N) is 2. The standard InChI is InChI=1S/C19H22N6O3S/c1-10-3-11(6-20)4-15(27)16(10)14-7-21-18(28)17(23-14)24-19(29)22-12-5-13(26)9-25(2)8-12/h3-4,7,12-13,26-27H,5,8-9H2,1-2H3,(H,21,28)(H2,22,23,24,29)/t12-,13+/m1/s1. The number of piperidine rings is 1. The molecule has 0 unspecified atom stereocenters. The Labute approximate surface area is 173 Å². The Morgan fingerprint density at radius 2 is 2.10 bits per heavy atom. The van der Waals surface area contributed by atoms with Gasteiger partial charge in [-0.1, -0.05) is 0 Å². The van der Waals surface area contributed by atoms with Gasteiger partial charge in [0.05, 0.1) is 29.6 Å². The van der Waals surface area contributed by atoms with E-state index >= 15 is 0 Å². The second-order valence-corrected chi connectivity index (χ2v) is 7.54. The van der Waals surface area contributed by atoms with E-state index in [0.29, 0.717) is 35.3 Å². The van der Waals surface area contributed by atoms with Gasteiger partial charge in [0.25, 0.3) is 5.88 Å². The highest BCUT2D eigenvalue weighted by atomic mass is 32.1. The number of rotatable bonds is 3. The quantitative estimate of drug-likeness (QED) is 0.464. The first kappa shape index (κ1) is 20.7. The number of likely N-dealkylation sites (N-methyl/N-ethyl adjacent to an activating group) is 1. The number of aromatic nitrogens is 2. The van der Waals surface area contributed by atoms with Crippen LogP contribution >= 0.6 is 12.2 Å². The van der Waals surface area contributed by atoms with E-state index in [4.69, 9.17) is 17.5 Å². The van der Waals surface area contributed by atoms with Crippen LogP contribution in [-0.2, 0) is 0 Å². The molecule has 0 radical (unpaired) electrons. The first-order valence-corrected chi connectivity index (χ1v) is 9.42. The number of thiocarbonyl (C=S) groups is 1. The number of anilines is 1. The molecule has 9 nitrogen and oxygen atoms in total. The van der Waals surface area contributed by atoms with Crippen molar-refractivity contribution >= 4 is 23.1 Å². The average molecular weight is 414 g/mol. The number of phenolic OH excluding ortho intramolecular Hbond substituents is 1. The number of phenols is 1. The average Bonchev–Trinajstić information content (AvgIpc) is 2.62. The predicted molar refractivity (Wildman–Crippen MR) is 112 cm³/mol. The van der Waals surface area contributed by atoms with Gasteiger partial charge < -0.3 is 30.9 Å². The van der Waals surface area contributed by atoms with Crippen LogP contribution in [0.15, 0.2) is 18.3 Å². The molecule has 1 saturated heterocycles. The summed E-state index contributed by atoms with van der Waals surface area (Å²) in [5.74, 6) is -0.412. The fourth-order valence-electron chi connectivity index (χ4n) is 3.48. The Bertz CT molecular complexity index is 944. The molecule has 0 aliphatic carbocycles. The Kier molecular flexibility index (Phi) is 6.12. The molecule has 0 bridgehead atoms. The van der Waals surface area contributed by atoms with Gasteiger partial charge in [-0.05, 0) is 50.3 Å². The third-order valence-corrected chi connectivity index (χ3v) is 4.85. The molecular weight excluding hydrogens is 392 g/mol. The Morgan fingerprint density at radius 3 is 2.76 bits per heavy atom. The number of nitrogens with zero attached hydrogens (tertiary/aromatic N) is 4. The lowest BCUT2D eigenvalue weighted by Gasteiger charge is -2.34. The van der Waals surface area contributed by atoms with Gasteiger partial charge in [-0.25, -0.2) is 9.97 Å².